The van der Waals surface area contributed by atoms with Crippen molar-refractivity contribution in [2.45, 2.75) is 45.4 Å². The molecule has 1 aliphatic carbocycles. The average Bonchev–Trinajstić information content (AvgIpc) is 2.75. The standard InChI is InChI=1S/C27H23F3O/c1-2-3-4-20-9-15-25-22(17-20)11-12-23-18-21(10-16-26(23)25)6-5-19-7-13-24(14-8-19)31-27(28,29)30/h7-10,13-18H,2-4,11-12H2,1H3. The quantitative estimate of drug-likeness (QED) is 0.409. The summed E-state index contributed by atoms with van der Waals surface area (Å²) in [4.78, 5) is 0. The van der Waals surface area contributed by atoms with Gasteiger partial charge in [-0.2, -0.15) is 0 Å². The van der Waals surface area contributed by atoms with Gasteiger partial charge in [0.2, 0.25) is 0 Å². The molecular formula is C27H23F3O. The van der Waals surface area contributed by atoms with Gasteiger partial charge in [0, 0.05) is 11.1 Å². The SMILES string of the molecule is CCCCc1ccc2c(c1)CCc1cc(C#Cc3ccc(OC(F)(F)F)cc3)ccc1-2. The van der Waals surface area contributed by atoms with Crippen LogP contribution in [0.2, 0.25) is 0 Å². The highest BCUT2D eigenvalue weighted by Gasteiger charge is 2.30. The molecule has 3 aromatic carbocycles. The van der Waals surface area contributed by atoms with E-state index in [1.165, 1.54) is 64.9 Å². The van der Waals surface area contributed by atoms with Crippen LogP contribution < -0.4 is 4.74 Å². The molecule has 0 aromatic heterocycles. The van der Waals surface area contributed by atoms with Crippen LogP contribution in [0.4, 0.5) is 13.2 Å². The summed E-state index contributed by atoms with van der Waals surface area (Å²) in [5.41, 5.74) is 8.23. The Kier molecular flexibility index (Phi) is 6.04. The van der Waals surface area contributed by atoms with Gasteiger partial charge in [0.05, 0.1) is 0 Å². The minimum Gasteiger partial charge on any atom is -0.406 e. The molecule has 0 saturated heterocycles. The molecule has 1 aliphatic rings. The summed E-state index contributed by atoms with van der Waals surface area (Å²) >= 11 is 0. The molecule has 1 nitrogen and oxygen atoms in total. The zero-order valence-electron chi connectivity index (χ0n) is 17.4. The van der Waals surface area contributed by atoms with E-state index in [-0.39, 0.29) is 5.75 Å². The second-order valence-electron chi connectivity index (χ2n) is 7.79. The topological polar surface area (TPSA) is 9.23 Å². The van der Waals surface area contributed by atoms with Gasteiger partial charge >= 0.3 is 6.36 Å². The lowest BCUT2D eigenvalue weighted by Crippen LogP contribution is -2.16. The number of alkyl halides is 3. The molecule has 0 heterocycles. The Morgan fingerprint density at radius 1 is 0.806 bits per heavy atom. The fraction of sp³-hybridized carbons (Fsp3) is 0.259. The highest BCUT2D eigenvalue weighted by molar-refractivity contribution is 5.74. The zero-order chi connectivity index (χ0) is 21.8. The molecule has 0 spiro atoms. The summed E-state index contributed by atoms with van der Waals surface area (Å²) in [5.74, 6) is 5.89. The minimum atomic E-state index is -4.69. The predicted octanol–water partition coefficient (Wildman–Crippen LogP) is 7.09. The summed E-state index contributed by atoms with van der Waals surface area (Å²) in [7, 11) is 0. The van der Waals surface area contributed by atoms with Crippen molar-refractivity contribution in [3.63, 3.8) is 0 Å². The minimum absolute atomic E-state index is 0.247. The maximum absolute atomic E-state index is 12.3. The second kappa shape index (κ2) is 8.89. The second-order valence-corrected chi connectivity index (χ2v) is 7.79. The van der Waals surface area contributed by atoms with Crippen LogP contribution in [0.1, 0.15) is 47.6 Å². The van der Waals surface area contributed by atoms with Gasteiger partial charge in [-0.1, -0.05) is 49.5 Å². The van der Waals surface area contributed by atoms with E-state index in [2.05, 4.69) is 53.8 Å². The molecule has 0 aliphatic heterocycles. The van der Waals surface area contributed by atoms with Crippen molar-refractivity contribution < 1.29 is 17.9 Å². The number of hydrogen-bond acceptors (Lipinski definition) is 1. The first-order valence-electron chi connectivity index (χ1n) is 10.5. The highest BCUT2D eigenvalue weighted by atomic mass is 19.4. The molecule has 0 saturated carbocycles. The van der Waals surface area contributed by atoms with E-state index in [4.69, 9.17) is 0 Å². The van der Waals surface area contributed by atoms with Crippen LogP contribution in [-0.2, 0) is 19.3 Å². The van der Waals surface area contributed by atoms with Gasteiger partial charge < -0.3 is 4.74 Å². The Hall–Kier alpha value is -3.19. The first-order chi connectivity index (χ1) is 14.9. The van der Waals surface area contributed by atoms with Crippen LogP contribution >= 0.6 is 0 Å². The van der Waals surface area contributed by atoms with Gasteiger partial charge in [-0.25, -0.2) is 0 Å². The van der Waals surface area contributed by atoms with Crippen LogP contribution in [0, 0.1) is 11.8 Å². The van der Waals surface area contributed by atoms with Gasteiger partial charge in [-0.15, -0.1) is 13.2 Å². The molecule has 4 heteroatoms. The average molecular weight is 420 g/mol. The van der Waals surface area contributed by atoms with Crippen LogP contribution in [0.5, 0.6) is 5.75 Å². The summed E-state index contributed by atoms with van der Waals surface area (Å²) in [6, 6.07) is 18.7. The fourth-order valence-electron chi connectivity index (χ4n) is 3.95. The number of fused-ring (bicyclic) bond motifs is 3. The van der Waals surface area contributed by atoms with Crippen LogP contribution in [0.25, 0.3) is 11.1 Å². The molecular weight excluding hydrogens is 397 g/mol. The summed E-state index contributed by atoms with van der Waals surface area (Å²) < 4.78 is 40.7. The van der Waals surface area contributed by atoms with Gasteiger partial charge in [0.15, 0.2) is 0 Å². The Labute approximate surface area is 180 Å². The fourth-order valence-corrected chi connectivity index (χ4v) is 3.95. The normalized spacial score (nSPS) is 12.4. The molecule has 158 valence electrons. The number of unbranched alkanes of at least 4 members (excludes halogenated alkanes) is 1. The zero-order valence-corrected chi connectivity index (χ0v) is 17.4. The Morgan fingerprint density at radius 3 is 2.10 bits per heavy atom. The van der Waals surface area contributed by atoms with Crippen molar-refractivity contribution in [1.82, 2.24) is 0 Å². The van der Waals surface area contributed by atoms with E-state index in [1.807, 2.05) is 6.07 Å². The third-order valence-corrected chi connectivity index (χ3v) is 5.49. The van der Waals surface area contributed by atoms with Crippen molar-refractivity contribution in [3.8, 4) is 28.7 Å². The van der Waals surface area contributed by atoms with Crippen molar-refractivity contribution in [1.29, 1.82) is 0 Å². The Bertz CT molecular complexity index is 1130. The molecule has 0 radical (unpaired) electrons. The molecule has 4 rings (SSSR count). The lowest BCUT2D eigenvalue weighted by atomic mass is 9.83. The van der Waals surface area contributed by atoms with E-state index in [9.17, 15) is 13.2 Å². The Balaban J connectivity index is 1.51. The van der Waals surface area contributed by atoms with E-state index < -0.39 is 6.36 Å². The number of aryl methyl sites for hydroxylation is 3. The predicted molar refractivity (Wildman–Crippen MR) is 117 cm³/mol. The van der Waals surface area contributed by atoms with Crippen molar-refractivity contribution in [3.05, 3.63) is 88.5 Å². The van der Waals surface area contributed by atoms with E-state index in [0.29, 0.717) is 5.56 Å². The molecule has 3 aromatic rings. The summed E-state index contributed by atoms with van der Waals surface area (Å²) in [6.45, 7) is 2.21. The highest BCUT2D eigenvalue weighted by Crippen LogP contribution is 2.34. The molecule has 0 fully saturated rings. The maximum atomic E-state index is 12.3. The largest absolute Gasteiger partial charge is 0.573 e. The number of hydrogen-bond donors (Lipinski definition) is 0. The molecule has 0 N–H and O–H groups in total. The molecule has 0 atom stereocenters. The number of halogens is 3. The number of rotatable bonds is 4. The molecule has 0 unspecified atom stereocenters. The first-order valence-corrected chi connectivity index (χ1v) is 10.5. The summed E-state index contributed by atoms with van der Waals surface area (Å²) in [5, 5.41) is 0. The van der Waals surface area contributed by atoms with E-state index in [1.54, 1.807) is 0 Å². The number of ether oxygens (including phenoxy) is 1. The van der Waals surface area contributed by atoms with Crippen LogP contribution in [0.3, 0.4) is 0 Å². The third kappa shape index (κ3) is 5.30. The maximum Gasteiger partial charge on any atom is 0.573 e. The first kappa shape index (κ1) is 21.1. The van der Waals surface area contributed by atoms with Gasteiger partial charge in [-0.05, 0) is 89.9 Å². The van der Waals surface area contributed by atoms with Crippen LogP contribution in [0.15, 0.2) is 60.7 Å². The van der Waals surface area contributed by atoms with Crippen molar-refractivity contribution in [2.24, 2.45) is 0 Å². The lowest BCUT2D eigenvalue weighted by molar-refractivity contribution is -0.274. The molecule has 0 amide bonds. The monoisotopic (exact) mass is 420 g/mol. The Morgan fingerprint density at radius 2 is 1.42 bits per heavy atom. The summed E-state index contributed by atoms with van der Waals surface area (Å²) in [6.07, 6.45) is 0.879. The smallest absolute Gasteiger partial charge is 0.406 e. The van der Waals surface area contributed by atoms with Gasteiger partial charge in [-0.3, -0.25) is 0 Å². The van der Waals surface area contributed by atoms with E-state index >= 15 is 0 Å². The molecule has 31 heavy (non-hydrogen) atoms. The lowest BCUT2D eigenvalue weighted by Gasteiger charge is -2.21. The van der Waals surface area contributed by atoms with Crippen LogP contribution in [-0.4, -0.2) is 6.36 Å². The molecule has 0 bridgehead atoms. The van der Waals surface area contributed by atoms with E-state index in [0.717, 1.165) is 24.8 Å². The van der Waals surface area contributed by atoms with Crippen molar-refractivity contribution in [2.75, 3.05) is 0 Å². The number of benzene rings is 3. The van der Waals surface area contributed by atoms with Gasteiger partial charge in [0.25, 0.3) is 0 Å². The third-order valence-electron chi connectivity index (χ3n) is 5.49. The van der Waals surface area contributed by atoms with Gasteiger partial charge in [0.1, 0.15) is 5.75 Å². The van der Waals surface area contributed by atoms with Crippen molar-refractivity contribution >= 4 is 0 Å².